The Hall–Kier alpha value is -1.68. The topological polar surface area (TPSA) is 84.2 Å². The summed E-state index contributed by atoms with van der Waals surface area (Å²) in [5, 5.41) is -0.0199. The smallest absolute Gasteiger partial charge is 0.274 e. The number of imidazole rings is 1. The van der Waals surface area contributed by atoms with E-state index in [2.05, 4.69) is 4.98 Å². The number of hydrogen-bond donors (Lipinski definition) is 0. The number of likely N-dealkylation sites (N-methyl/N-ethyl adjacent to an activating group) is 1. The molecule has 0 N–H and O–H groups in total. The van der Waals surface area contributed by atoms with Crippen molar-refractivity contribution < 1.29 is 17.9 Å². The lowest BCUT2D eigenvalue weighted by Crippen LogP contribution is -2.56. The maximum atomic E-state index is 13.1. The fraction of sp³-hybridized carbons (Fsp3) is 0.529. The highest BCUT2D eigenvalue weighted by Gasteiger charge is 2.65. The van der Waals surface area contributed by atoms with E-state index in [1.165, 1.54) is 4.31 Å². The van der Waals surface area contributed by atoms with E-state index in [4.69, 9.17) is 16.3 Å². The summed E-state index contributed by atoms with van der Waals surface area (Å²) in [5.41, 5.74) is 0.117. The van der Waals surface area contributed by atoms with Gasteiger partial charge in [0.25, 0.3) is 5.91 Å². The van der Waals surface area contributed by atoms with Crippen LogP contribution in [-0.2, 0) is 14.8 Å². The van der Waals surface area contributed by atoms with E-state index >= 15 is 0 Å². The van der Waals surface area contributed by atoms with Gasteiger partial charge in [-0.2, -0.15) is 4.31 Å². The van der Waals surface area contributed by atoms with Crippen LogP contribution in [0.5, 0.6) is 0 Å². The number of ether oxygens (including phenoxy) is 1. The van der Waals surface area contributed by atoms with Crippen molar-refractivity contribution in [3.63, 3.8) is 0 Å². The first-order valence-corrected chi connectivity index (χ1v) is 10.8. The minimum absolute atomic E-state index is 0.213. The summed E-state index contributed by atoms with van der Waals surface area (Å²) in [6, 6.07) is 3.47. The molecule has 8 nitrogen and oxygen atoms in total. The minimum Gasteiger partial charge on any atom is -0.365 e. The van der Waals surface area contributed by atoms with E-state index in [0.29, 0.717) is 42.4 Å². The summed E-state index contributed by atoms with van der Waals surface area (Å²) >= 11 is 5.99. The molecule has 0 unspecified atom stereocenters. The summed E-state index contributed by atoms with van der Waals surface area (Å²) in [4.78, 5) is 19.1. The molecule has 27 heavy (non-hydrogen) atoms. The molecule has 144 valence electrons. The van der Waals surface area contributed by atoms with E-state index in [1.54, 1.807) is 33.8 Å². The van der Waals surface area contributed by atoms with Crippen molar-refractivity contribution in [3.05, 3.63) is 35.2 Å². The molecule has 0 aliphatic carbocycles. The van der Waals surface area contributed by atoms with Gasteiger partial charge in [0.05, 0.1) is 17.7 Å². The van der Waals surface area contributed by atoms with Crippen molar-refractivity contribution in [1.29, 1.82) is 0 Å². The molecule has 3 fully saturated rings. The lowest BCUT2D eigenvalue weighted by atomic mass is 9.99. The van der Waals surface area contributed by atoms with Crippen molar-refractivity contribution in [2.45, 2.75) is 30.3 Å². The minimum atomic E-state index is -3.38. The third kappa shape index (κ3) is 2.45. The third-order valence-corrected chi connectivity index (χ3v) is 8.46. The number of sulfonamides is 1. The molecule has 3 atom stereocenters. The second-order valence-electron chi connectivity index (χ2n) is 7.42. The number of carbonyl (C=O) groups excluding carboxylic acids is 1. The highest BCUT2D eigenvalue weighted by atomic mass is 35.5. The highest BCUT2D eigenvalue weighted by molar-refractivity contribution is 7.90. The summed E-state index contributed by atoms with van der Waals surface area (Å²) in [6.45, 7) is 3.18. The molecular weight excluding hydrogens is 392 g/mol. The van der Waals surface area contributed by atoms with Crippen LogP contribution in [0.3, 0.4) is 0 Å². The normalized spacial score (nSPS) is 32.1. The van der Waals surface area contributed by atoms with Crippen LogP contribution in [0.1, 0.15) is 23.8 Å². The van der Waals surface area contributed by atoms with E-state index in [0.717, 1.165) is 0 Å². The molecule has 0 saturated carbocycles. The van der Waals surface area contributed by atoms with Crippen LogP contribution >= 0.6 is 11.6 Å². The number of likely N-dealkylation sites (tertiary alicyclic amines) is 1. The number of amides is 1. The average molecular weight is 411 g/mol. The number of morpholine rings is 1. The van der Waals surface area contributed by atoms with E-state index in [-0.39, 0.29) is 18.6 Å². The first-order valence-electron chi connectivity index (χ1n) is 8.93. The second-order valence-corrected chi connectivity index (χ2v) is 9.98. The molecule has 5 rings (SSSR count). The predicted molar refractivity (Wildman–Crippen MR) is 98.3 cm³/mol. The summed E-state index contributed by atoms with van der Waals surface area (Å²) in [6.07, 6.45) is 3.53. The van der Waals surface area contributed by atoms with Gasteiger partial charge in [0.1, 0.15) is 22.2 Å². The van der Waals surface area contributed by atoms with Crippen LogP contribution in [0.15, 0.2) is 24.5 Å². The lowest BCUT2D eigenvalue weighted by molar-refractivity contribution is -0.0975. The molecule has 2 aromatic heterocycles. The number of fused-ring (bicyclic) bond motifs is 2. The lowest BCUT2D eigenvalue weighted by Gasteiger charge is -2.39. The average Bonchev–Trinajstić information content (AvgIpc) is 3.22. The molecule has 0 radical (unpaired) electrons. The Labute approximate surface area is 161 Å². The van der Waals surface area contributed by atoms with Gasteiger partial charge in [-0.15, -0.1) is 0 Å². The first-order chi connectivity index (χ1) is 12.8. The van der Waals surface area contributed by atoms with Gasteiger partial charge in [-0.1, -0.05) is 18.5 Å². The molecule has 1 amide bonds. The van der Waals surface area contributed by atoms with Crippen molar-refractivity contribution in [2.75, 3.05) is 26.2 Å². The Morgan fingerprint density at radius 3 is 2.96 bits per heavy atom. The summed E-state index contributed by atoms with van der Waals surface area (Å²) in [7, 11) is -3.38. The molecule has 3 saturated heterocycles. The summed E-state index contributed by atoms with van der Waals surface area (Å²) < 4.78 is 34.8. The predicted octanol–water partition coefficient (Wildman–Crippen LogP) is 1.01. The van der Waals surface area contributed by atoms with Gasteiger partial charge in [-0.3, -0.25) is 4.79 Å². The number of nitrogens with zero attached hydrogens (tertiary/aromatic N) is 4. The SMILES string of the molecule is CCN1C[C@@]23CN(C(=O)c4cn5cc(Cl)ccc5n4)C[C@@H](C[C@@H]2S1(=O)=O)O3. The van der Waals surface area contributed by atoms with Gasteiger partial charge < -0.3 is 14.0 Å². The number of aromatic nitrogens is 2. The molecule has 2 bridgehead atoms. The number of pyridine rings is 1. The number of rotatable bonds is 2. The van der Waals surface area contributed by atoms with Crippen LogP contribution in [-0.4, -0.2) is 76.0 Å². The molecule has 0 aromatic carbocycles. The standard InChI is InChI=1S/C17H19ClN4O4S/c1-2-22-10-17-9-21(7-12(26-17)5-14(17)27(22,24)25)16(23)13-8-20-6-11(18)3-4-15(20)19-13/h3-4,6,8,12,14H,2,5,7,9-10H2,1H3/t12-,14+,17+/m1/s1. The molecule has 3 aliphatic rings. The van der Waals surface area contributed by atoms with E-state index in [1.807, 2.05) is 6.92 Å². The van der Waals surface area contributed by atoms with E-state index in [9.17, 15) is 13.2 Å². The Kier molecular flexibility index (Phi) is 3.65. The zero-order valence-corrected chi connectivity index (χ0v) is 16.3. The van der Waals surface area contributed by atoms with Crippen LogP contribution in [0.4, 0.5) is 0 Å². The highest BCUT2D eigenvalue weighted by Crippen LogP contribution is 2.46. The number of hydrogen-bond acceptors (Lipinski definition) is 5. The molecular formula is C17H19ClN4O4S. The third-order valence-electron chi connectivity index (χ3n) is 5.79. The van der Waals surface area contributed by atoms with Crippen LogP contribution in [0.25, 0.3) is 5.65 Å². The maximum Gasteiger partial charge on any atom is 0.274 e. The molecule has 5 heterocycles. The quantitative estimate of drug-likeness (QED) is 0.737. The van der Waals surface area contributed by atoms with Crippen molar-refractivity contribution in [2.24, 2.45) is 0 Å². The zero-order chi connectivity index (χ0) is 19.0. The summed E-state index contributed by atoms with van der Waals surface area (Å²) in [5.74, 6) is -0.213. The monoisotopic (exact) mass is 410 g/mol. The van der Waals surface area contributed by atoms with Gasteiger partial charge >= 0.3 is 0 Å². The van der Waals surface area contributed by atoms with Crippen LogP contribution in [0, 0.1) is 0 Å². The van der Waals surface area contributed by atoms with Gasteiger partial charge in [0.2, 0.25) is 10.0 Å². The second kappa shape index (κ2) is 5.66. The fourth-order valence-corrected chi connectivity index (χ4v) is 7.11. The zero-order valence-electron chi connectivity index (χ0n) is 14.7. The Morgan fingerprint density at radius 1 is 1.37 bits per heavy atom. The van der Waals surface area contributed by atoms with Gasteiger partial charge in [0, 0.05) is 32.0 Å². The molecule has 1 spiro atoms. The Balaban J connectivity index is 1.46. The van der Waals surface area contributed by atoms with Crippen molar-refractivity contribution >= 4 is 33.2 Å². The first kappa shape index (κ1) is 17.4. The number of carbonyl (C=O) groups is 1. The maximum absolute atomic E-state index is 13.1. The fourth-order valence-electron chi connectivity index (χ4n) is 4.62. The van der Waals surface area contributed by atoms with Gasteiger partial charge in [-0.25, -0.2) is 13.4 Å². The van der Waals surface area contributed by atoms with Gasteiger partial charge in [-0.05, 0) is 18.6 Å². The van der Waals surface area contributed by atoms with Gasteiger partial charge in [0.15, 0.2) is 0 Å². The van der Waals surface area contributed by atoms with Crippen molar-refractivity contribution in [1.82, 2.24) is 18.6 Å². The Morgan fingerprint density at radius 2 is 2.19 bits per heavy atom. The molecule has 3 aliphatic heterocycles. The van der Waals surface area contributed by atoms with Crippen molar-refractivity contribution in [3.8, 4) is 0 Å². The largest absolute Gasteiger partial charge is 0.365 e. The van der Waals surface area contributed by atoms with E-state index < -0.39 is 20.9 Å². The number of halogens is 1. The van der Waals surface area contributed by atoms with Crippen LogP contribution in [0.2, 0.25) is 5.02 Å². The molecule has 2 aromatic rings. The van der Waals surface area contributed by atoms with Crippen LogP contribution < -0.4 is 0 Å². The Bertz CT molecular complexity index is 1050. The molecule has 10 heteroatoms.